The Labute approximate surface area is 97.0 Å². The van der Waals surface area contributed by atoms with Crippen molar-refractivity contribution in [3.05, 3.63) is 0 Å². The molecule has 2 aliphatic heterocycles. The number of likely N-dealkylation sites (tertiary alicyclic amines) is 1. The van der Waals surface area contributed by atoms with Crippen LogP contribution in [-0.2, 0) is 0 Å². The second kappa shape index (κ2) is 6.36. The molecule has 0 radical (unpaired) electrons. The predicted molar refractivity (Wildman–Crippen MR) is 64.6 cm³/mol. The van der Waals surface area contributed by atoms with Gasteiger partial charge in [-0.3, -0.25) is 4.90 Å². The van der Waals surface area contributed by atoms with E-state index in [0.29, 0.717) is 0 Å². The Kier molecular flexibility index (Phi) is 6.77. The molecule has 0 aromatic heterocycles. The van der Waals surface area contributed by atoms with Crippen LogP contribution in [0.4, 0.5) is 0 Å². The number of halogens is 2. The van der Waals surface area contributed by atoms with Gasteiger partial charge in [-0.05, 0) is 19.2 Å². The average Bonchev–Trinajstić information content (AvgIpc) is 2.37. The van der Waals surface area contributed by atoms with E-state index in [4.69, 9.17) is 0 Å². The Morgan fingerprint density at radius 2 is 2.00 bits per heavy atom. The SMILES string of the molecule is CNC1CN(C2CCSC2)C1.Cl.Cl. The van der Waals surface area contributed by atoms with Gasteiger partial charge in [0.25, 0.3) is 0 Å². The molecular weight excluding hydrogens is 227 g/mol. The van der Waals surface area contributed by atoms with E-state index < -0.39 is 0 Å². The van der Waals surface area contributed by atoms with Gasteiger partial charge in [-0.1, -0.05) is 0 Å². The molecule has 0 aliphatic carbocycles. The van der Waals surface area contributed by atoms with Gasteiger partial charge in [0.15, 0.2) is 0 Å². The zero-order valence-corrected chi connectivity index (χ0v) is 10.3. The molecule has 5 heteroatoms. The normalized spacial score (nSPS) is 28.8. The van der Waals surface area contributed by atoms with Crippen molar-refractivity contribution in [2.75, 3.05) is 31.6 Å². The standard InChI is InChI=1S/C8H16N2S.2ClH/c1-9-7-4-10(5-7)8-2-3-11-6-8;;/h7-9H,2-6H2,1H3;2*1H. The lowest BCUT2D eigenvalue weighted by atomic mass is 10.1. The number of nitrogens with zero attached hydrogens (tertiary/aromatic N) is 1. The van der Waals surface area contributed by atoms with Crippen LogP contribution in [-0.4, -0.2) is 48.6 Å². The quantitative estimate of drug-likeness (QED) is 0.788. The van der Waals surface area contributed by atoms with Crippen molar-refractivity contribution in [2.45, 2.75) is 18.5 Å². The molecule has 2 aliphatic rings. The average molecular weight is 245 g/mol. The highest BCUT2D eigenvalue weighted by atomic mass is 35.5. The van der Waals surface area contributed by atoms with Crippen LogP contribution in [0.2, 0.25) is 0 Å². The van der Waals surface area contributed by atoms with E-state index in [9.17, 15) is 0 Å². The largest absolute Gasteiger partial charge is 0.315 e. The molecule has 1 N–H and O–H groups in total. The summed E-state index contributed by atoms with van der Waals surface area (Å²) in [6, 6.07) is 1.69. The molecular formula is C8H18Cl2N2S. The third-order valence-electron chi connectivity index (χ3n) is 2.74. The monoisotopic (exact) mass is 244 g/mol. The maximum Gasteiger partial charge on any atom is 0.0320 e. The topological polar surface area (TPSA) is 15.3 Å². The minimum Gasteiger partial charge on any atom is -0.315 e. The zero-order chi connectivity index (χ0) is 7.68. The summed E-state index contributed by atoms with van der Waals surface area (Å²) in [4.78, 5) is 2.61. The van der Waals surface area contributed by atoms with Crippen LogP contribution in [0.1, 0.15) is 6.42 Å². The molecule has 0 saturated carbocycles. The number of hydrogen-bond acceptors (Lipinski definition) is 3. The van der Waals surface area contributed by atoms with Gasteiger partial charge in [-0.25, -0.2) is 0 Å². The summed E-state index contributed by atoms with van der Waals surface area (Å²) < 4.78 is 0. The van der Waals surface area contributed by atoms with Crippen LogP contribution >= 0.6 is 36.6 Å². The summed E-state index contributed by atoms with van der Waals surface area (Å²) in [6.45, 7) is 2.56. The van der Waals surface area contributed by atoms with E-state index in [1.54, 1.807) is 0 Å². The van der Waals surface area contributed by atoms with Crippen molar-refractivity contribution in [3.8, 4) is 0 Å². The molecule has 0 spiro atoms. The van der Waals surface area contributed by atoms with Crippen molar-refractivity contribution >= 4 is 36.6 Å². The fourth-order valence-corrected chi connectivity index (χ4v) is 3.06. The first-order valence-electron chi connectivity index (χ1n) is 4.39. The van der Waals surface area contributed by atoms with Gasteiger partial charge in [0.2, 0.25) is 0 Å². The molecule has 2 fully saturated rings. The first kappa shape index (κ1) is 13.8. The maximum atomic E-state index is 3.31. The predicted octanol–water partition coefficient (Wildman–Crippen LogP) is 1.24. The summed E-state index contributed by atoms with van der Waals surface area (Å²) in [5.41, 5.74) is 0. The minimum absolute atomic E-state index is 0. The molecule has 1 unspecified atom stereocenters. The fraction of sp³-hybridized carbons (Fsp3) is 1.00. The molecule has 0 aromatic carbocycles. The van der Waals surface area contributed by atoms with Crippen molar-refractivity contribution < 1.29 is 0 Å². The molecule has 13 heavy (non-hydrogen) atoms. The van der Waals surface area contributed by atoms with Crippen LogP contribution in [0, 0.1) is 0 Å². The Morgan fingerprint density at radius 3 is 2.46 bits per heavy atom. The summed E-state index contributed by atoms with van der Waals surface area (Å²) in [7, 11) is 2.06. The smallest absolute Gasteiger partial charge is 0.0320 e. The van der Waals surface area contributed by atoms with Gasteiger partial charge in [0.1, 0.15) is 0 Å². The first-order valence-corrected chi connectivity index (χ1v) is 5.54. The molecule has 0 aromatic rings. The van der Waals surface area contributed by atoms with E-state index in [0.717, 1.165) is 12.1 Å². The lowest BCUT2D eigenvalue weighted by molar-refractivity contribution is 0.0914. The van der Waals surface area contributed by atoms with Gasteiger partial charge < -0.3 is 5.32 Å². The molecule has 2 heterocycles. The second-order valence-corrected chi connectivity index (χ2v) is 4.61. The third kappa shape index (κ3) is 3.17. The van der Waals surface area contributed by atoms with E-state index in [2.05, 4.69) is 29.0 Å². The van der Waals surface area contributed by atoms with Crippen molar-refractivity contribution in [3.63, 3.8) is 0 Å². The highest BCUT2D eigenvalue weighted by molar-refractivity contribution is 7.99. The van der Waals surface area contributed by atoms with Crippen LogP contribution in [0.15, 0.2) is 0 Å². The summed E-state index contributed by atoms with van der Waals surface area (Å²) >= 11 is 2.11. The Hall–Kier alpha value is 0.850. The van der Waals surface area contributed by atoms with Crippen LogP contribution in [0.3, 0.4) is 0 Å². The van der Waals surface area contributed by atoms with Crippen molar-refractivity contribution in [1.29, 1.82) is 0 Å². The zero-order valence-electron chi connectivity index (χ0n) is 7.86. The van der Waals surface area contributed by atoms with E-state index in [1.807, 2.05) is 0 Å². The lowest BCUT2D eigenvalue weighted by Crippen LogP contribution is -2.60. The van der Waals surface area contributed by atoms with Gasteiger partial charge in [-0.2, -0.15) is 11.8 Å². The molecule has 80 valence electrons. The first-order chi connectivity index (χ1) is 5.40. The summed E-state index contributed by atoms with van der Waals surface area (Å²) in [5.74, 6) is 2.75. The number of thioether (sulfide) groups is 1. The van der Waals surface area contributed by atoms with Crippen molar-refractivity contribution in [2.24, 2.45) is 0 Å². The highest BCUT2D eigenvalue weighted by Gasteiger charge is 2.32. The second-order valence-electron chi connectivity index (χ2n) is 3.46. The van der Waals surface area contributed by atoms with Gasteiger partial charge in [0, 0.05) is 30.9 Å². The summed E-state index contributed by atoms with van der Waals surface area (Å²) in [6.07, 6.45) is 1.42. The van der Waals surface area contributed by atoms with Gasteiger partial charge in [0.05, 0.1) is 0 Å². The Balaban J connectivity index is 0.000000720. The molecule has 2 nitrogen and oxygen atoms in total. The summed E-state index contributed by atoms with van der Waals surface area (Å²) in [5, 5.41) is 3.31. The van der Waals surface area contributed by atoms with Crippen LogP contribution < -0.4 is 5.32 Å². The molecule has 2 saturated heterocycles. The van der Waals surface area contributed by atoms with Gasteiger partial charge in [-0.15, -0.1) is 24.8 Å². The number of rotatable bonds is 2. The lowest BCUT2D eigenvalue weighted by Gasteiger charge is -2.42. The van der Waals surface area contributed by atoms with E-state index in [1.165, 1.54) is 31.0 Å². The molecule has 2 rings (SSSR count). The third-order valence-corrected chi connectivity index (χ3v) is 3.88. The van der Waals surface area contributed by atoms with Gasteiger partial charge >= 0.3 is 0 Å². The molecule has 0 bridgehead atoms. The van der Waals surface area contributed by atoms with Crippen molar-refractivity contribution in [1.82, 2.24) is 10.2 Å². The fourth-order valence-electron chi connectivity index (χ4n) is 1.80. The minimum atomic E-state index is 0. The molecule has 0 amide bonds. The Bertz CT molecular complexity index is 136. The highest BCUT2D eigenvalue weighted by Crippen LogP contribution is 2.25. The van der Waals surface area contributed by atoms with E-state index in [-0.39, 0.29) is 24.8 Å². The maximum absolute atomic E-state index is 3.31. The number of likely N-dealkylation sites (N-methyl/N-ethyl adjacent to an activating group) is 1. The number of nitrogens with one attached hydrogen (secondary N) is 1. The van der Waals surface area contributed by atoms with Crippen LogP contribution in [0.25, 0.3) is 0 Å². The van der Waals surface area contributed by atoms with E-state index >= 15 is 0 Å². The molecule has 1 atom stereocenters. The van der Waals surface area contributed by atoms with Crippen LogP contribution in [0.5, 0.6) is 0 Å². The Morgan fingerprint density at radius 1 is 1.31 bits per heavy atom. The number of hydrogen-bond donors (Lipinski definition) is 1.